The van der Waals surface area contributed by atoms with Crippen molar-refractivity contribution in [3.8, 4) is 0 Å². The molecular weight excluding hydrogens is 288 g/mol. The molecule has 4 nitrogen and oxygen atoms in total. The molecule has 23 heavy (non-hydrogen) atoms. The second kappa shape index (κ2) is 6.48. The Bertz CT molecular complexity index is 924. The number of rotatable bonds is 4. The number of benzene rings is 2. The molecule has 0 unspecified atom stereocenters. The summed E-state index contributed by atoms with van der Waals surface area (Å²) in [5.74, 6) is 0. The summed E-state index contributed by atoms with van der Waals surface area (Å²) >= 11 is 0. The second-order valence-corrected chi connectivity index (χ2v) is 5.64. The van der Waals surface area contributed by atoms with Crippen molar-refractivity contribution in [1.82, 2.24) is 9.13 Å². The minimum Gasteiger partial charge on any atom is -0.305 e. The van der Waals surface area contributed by atoms with E-state index in [1.54, 1.807) is 12.4 Å². The summed E-state index contributed by atoms with van der Waals surface area (Å²) < 4.78 is 2.91. The Balaban J connectivity index is 1.89. The van der Waals surface area contributed by atoms with Crippen molar-refractivity contribution in [3.05, 3.63) is 104 Å². The zero-order valence-corrected chi connectivity index (χ0v) is 13.0. The predicted molar refractivity (Wildman–Crippen MR) is 90.8 cm³/mol. The molecule has 1 heterocycles. The van der Waals surface area contributed by atoms with Gasteiger partial charge in [0.1, 0.15) is 0 Å². The Hall–Kier alpha value is -2.88. The normalized spacial score (nSPS) is 10.7. The molecule has 0 atom stereocenters. The first kappa shape index (κ1) is 15.0. The van der Waals surface area contributed by atoms with Gasteiger partial charge in [0.05, 0.1) is 13.1 Å². The third-order valence-electron chi connectivity index (χ3n) is 3.76. The number of nitrogens with zero attached hydrogens (tertiary/aromatic N) is 2. The molecule has 0 amide bonds. The summed E-state index contributed by atoms with van der Waals surface area (Å²) in [4.78, 5) is 24.6. The molecule has 4 heteroatoms. The van der Waals surface area contributed by atoms with E-state index in [1.165, 1.54) is 9.13 Å². The Kier molecular flexibility index (Phi) is 4.24. The fraction of sp³-hybridized carbons (Fsp3) is 0.158. The predicted octanol–water partition coefficient (Wildman–Crippen LogP) is 2.42. The average Bonchev–Trinajstić information content (AvgIpc) is 2.56. The lowest BCUT2D eigenvalue weighted by molar-refractivity contribution is 0.665. The van der Waals surface area contributed by atoms with E-state index in [4.69, 9.17) is 0 Å². The van der Waals surface area contributed by atoms with Gasteiger partial charge in [0.15, 0.2) is 0 Å². The molecule has 2 aromatic carbocycles. The summed E-state index contributed by atoms with van der Waals surface area (Å²) in [6.07, 6.45) is 3.35. The quantitative estimate of drug-likeness (QED) is 0.695. The van der Waals surface area contributed by atoms with Crippen LogP contribution in [-0.2, 0) is 13.1 Å². The van der Waals surface area contributed by atoms with Crippen molar-refractivity contribution < 1.29 is 0 Å². The van der Waals surface area contributed by atoms with Crippen molar-refractivity contribution in [2.75, 3.05) is 0 Å². The standard InChI is InChI=1S/C19H18N2O2/c1-15-6-5-9-17(12-15)14-21-11-10-20(18(22)19(21)23)13-16-7-3-2-4-8-16/h2-12H,13-14H2,1H3. The molecule has 0 spiro atoms. The van der Waals surface area contributed by atoms with Gasteiger partial charge >= 0.3 is 11.1 Å². The van der Waals surface area contributed by atoms with Gasteiger partial charge in [-0.1, -0.05) is 60.2 Å². The van der Waals surface area contributed by atoms with Gasteiger partial charge in [0, 0.05) is 12.4 Å². The lowest BCUT2D eigenvalue weighted by Crippen LogP contribution is -2.40. The molecule has 3 aromatic rings. The summed E-state index contributed by atoms with van der Waals surface area (Å²) in [5.41, 5.74) is 2.14. The van der Waals surface area contributed by atoms with Crippen LogP contribution in [-0.4, -0.2) is 9.13 Å². The highest BCUT2D eigenvalue weighted by molar-refractivity contribution is 5.22. The van der Waals surface area contributed by atoms with E-state index >= 15 is 0 Å². The minimum absolute atomic E-state index is 0.403. The van der Waals surface area contributed by atoms with Gasteiger partial charge in [0.25, 0.3) is 0 Å². The van der Waals surface area contributed by atoms with Gasteiger partial charge in [-0.25, -0.2) is 0 Å². The number of hydrogen-bond donors (Lipinski definition) is 0. The van der Waals surface area contributed by atoms with Crippen molar-refractivity contribution >= 4 is 0 Å². The van der Waals surface area contributed by atoms with E-state index in [9.17, 15) is 9.59 Å². The van der Waals surface area contributed by atoms with Crippen LogP contribution in [0.1, 0.15) is 16.7 Å². The maximum Gasteiger partial charge on any atom is 0.316 e. The first-order valence-corrected chi connectivity index (χ1v) is 7.53. The smallest absolute Gasteiger partial charge is 0.305 e. The molecule has 0 bridgehead atoms. The summed E-state index contributed by atoms with van der Waals surface area (Å²) in [7, 11) is 0. The topological polar surface area (TPSA) is 44.0 Å². The van der Waals surface area contributed by atoms with E-state index in [2.05, 4.69) is 0 Å². The van der Waals surface area contributed by atoms with Gasteiger partial charge < -0.3 is 9.13 Å². The summed E-state index contributed by atoms with van der Waals surface area (Å²) in [6, 6.07) is 17.5. The highest BCUT2D eigenvalue weighted by Crippen LogP contribution is 2.05. The Morgan fingerprint density at radius 2 is 1.30 bits per heavy atom. The molecule has 0 aliphatic rings. The number of hydrogen-bond acceptors (Lipinski definition) is 2. The zero-order chi connectivity index (χ0) is 16.2. The maximum atomic E-state index is 12.3. The van der Waals surface area contributed by atoms with Crippen molar-refractivity contribution in [2.45, 2.75) is 20.0 Å². The molecule has 0 radical (unpaired) electrons. The third kappa shape index (κ3) is 3.48. The van der Waals surface area contributed by atoms with E-state index < -0.39 is 11.1 Å². The number of aryl methyl sites for hydroxylation is 1. The van der Waals surface area contributed by atoms with E-state index in [-0.39, 0.29) is 0 Å². The summed E-state index contributed by atoms with van der Waals surface area (Å²) in [5, 5.41) is 0. The van der Waals surface area contributed by atoms with Crippen LogP contribution in [0.2, 0.25) is 0 Å². The Labute approximate surface area is 134 Å². The second-order valence-electron chi connectivity index (χ2n) is 5.64. The highest BCUT2D eigenvalue weighted by Gasteiger charge is 2.06. The fourth-order valence-corrected chi connectivity index (χ4v) is 2.58. The molecular formula is C19H18N2O2. The van der Waals surface area contributed by atoms with E-state index in [1.807, 2.05) is 61.5 Å². The van der Waals surface area contributed by atoms with Crippen LogP contribution >= 0.6 is 0 Å². The van der Waals surface area contributed by atoms with Crippen LogP contribution in [0.15, 0.2) is 76.6 Å². The van der Waals surface area contributed by atoms with Crippen LogP contribution in [0, 0.1) is 6.92 Å². The number of aromatic nitrogens is 2. The largest absolute Gasteiger partial charge is 0.316 e. The van der Waals surface area contributed by atoms with Gasteiger partial charge in [-0.15, -0.1) is 0 Å². The molecule has 0 fully saturated rings. The van der Waals surface area contributed by atoms with E-state index in [0.717, 1.165) is 16.7 Å². The van der Waals surface area contributed by atoms with Gasteiger partial charge in [-0.3, -0.25) is 9.59 Å². The van der Waals surface area contributed by atoms with Crippen LogP contribution in [0.4, 0.5) is 0 Å². The fourth-order valence-electron chi connectivity index (χ4n) is 2.58. The first-order chi connectivity index (χ1) is 11.1. The molecule has 0 aliphatic heterocycles. The highest BCUT2D eigenvalue weighted by atomic mass is 16.2. The molecule has 3 rings (SSSR count). The maximum absolute atomic E-state index is 12.3. The minimum atomic E-state index is -0.496. The third-order valence-corrected chi connectivity index (χ3v) is 3.76. The van der Waals surface area contributed by atoms with Gasteiger partial charge in [0.2, 0.25) is 0 Å². The SMILES string of the molecule is Cc1cccc(Cn2ccn(Cc3ccccc3)c(=O)c2=O)c1. The van der Waals surface area contributed by atoms with Crippen LogP contribution in [0.3, 0.4) is 0 Å². The summed E-state index contributed by atoms with van der Waals surface area (Å²) in [6.45, 7) is 2.81. The van der Waals surface area contributed by atoms with Crippen molar-refractivity contribution in [2.24, 2.45) is 0 Å². The zero-order valence-electron chi connectivity index (χ0n) is 13.0. The molecule has 0 saturated heterocycles. The molecule has 0 aliphatic carbocycles. The Morgan fingerprint density at radius 1 is 0.739 bits per heavy atom. The van der Waals surface area contributed by atoms with Crippen molar-refractivity contribution in [3.63, 3.8) is 0 Å². The molecule has 0 N–H and O–H groups in total. The van der Waals surface area contributed by atoms with Crippen LogP contribution in [0.5, 0.6) is 0 Å². The first-order valence-electron chi connectivity index (χ1n) is 7.53. The van der Waals surface area contributed by atoms with Crippen LogP contribution < -0.4 is 11.1 Å². The average molecular weight is 306 g/mol. The van der Waals surface area contributed by atoms with E-state index in [0.29, 0.717) is 13.1 Å². The Morgan fingerprint density at radius 3 is 1.91 bits per heavy atom. The monoisotopic (exact) mass is 306 g/mol. The lowest BCUT2D eigenvalue weighted by Gasteiger charge is -2.09. The molecule has 1 aromatic heterocycles. The van der Waals surface area contributed by atoms with Gasteiger partial charge in [-0.05, 0) is 18.1 Å². The molecule has 0 saturated carbocycles. The van der Waals surface area contributed by atoms with Crippen molar-refractivity contribution in [1.29, 1.82) is 0 Å². The van der Waals surface area contributed by atoms with Gasteiger partial charge in [-0.2, -0.15) is 0 Å². The van der Waals surface area contributed by atoms with Crippen LogP contribution in [0.25, 0.3) is 0 Å². The molecule has 116 valence electrons. The lowest BCUT2D eigenvalue weighted by atomic mass is 10.1.